The maximum Gasteiger partial charge on any atom is 0.314 e. The van der Waals surface area contributed by atoms with Gasteiger partial charge in [-0.05, 0) is 87.5 Å². The lowest BCUT2D eigenvalue weighted by Crippen LogP contribution is -2.30. The molecule has 2 aliphatic rings. The van der Waals surface area contributed by atoms with Gasteiger partial charge in [-0.25, -0.2) is 0 Å². The van der Waals surface area contributed by atoms with Gasteiger partial charge in [-0.3, -0.25) is 4.79 Å². The number of ether oxygens (including phenoxy) is 2. The van der Waals surface area contributed by atoms with Crippen LogP contribution in [-0.4, -0.2) is 12.6 Å². The third-order valence-electron chi connectivity index (χ3n) is 6.98. The maximum atomic E-state index is 12.6. The van der Waals surface area contributed by atoms with E-state index in [1.54, 1.807) is 0 Å². The minimum absolute atomic E-state index is 0.0501. The Balaban J connectivity index is 1.39. The smallest absolute Gasteiger partial charge is 0.314 e. The van der Waals surface area contributed by atoms with Gasteiger partial charge in [0.15, 0.2) is 0 Å². The van der Waals surface area contributed by atoms with Crippen molar-refractivity contribution < 1.29 is 14.3 Å². The summed E-state index contributed by atoms with van der Waals surface area (Å²) in [6.45, 7) is 4.90. The first-order valence-electron chi connectivity index (χ1n) is 11.6. The molecule has 1 aromatic carbocycles. The zero-order valence-electron chi connectivity index (χ0n) is 17.8. The van der Waals surface area contributed by atoms with Gasteiger partial charge in [-0.2, -0.15) is 0 Å². The highest BCUT2D eigenvalue weighted by molar-refractivity contribution is 5.75. The number of hydrogen-bond donors (Lipinski definition) is 0. The SMILES string of the molecule is CCCCC1CCC(C2CCC(C(=O)Oc3ccc(OCC)cc3)CC2)CC1. The largest absolute Gasteiger partial charge is 0.494 e. The van der Waals surface area contributed by atoms with E-state index in [0.717, 1.165) is 36.3 Å². The van der Waals surface area contributed by atoms with Crippen LogP contribution in [0.2, 0.25) is 0 Å². The van der Waals surface area contributed by atoms with E-state index in [0.29, 0.717) is 12.4 Å². The molecular formula is C25H38O3. The van der Waals surface area contributed by atoms with E-state index >= 15 is 0 Å². The van der Waals surface area contributed by atoms with E-state index < -0.39 is 0 Å². The van der Waals surface area contributed by atoms with E-state index in [-0.39, 0.29) is 11.9 Å². The van der Waals surface area contributed by atoms with Crippen LogP contribution in [0.15, 0.2) is 24.3 Å². The molecule has 0 atom stereocenters. The van der Waals surface area contributed by atoms with Crippen molar-refractivity contribution in [2.24, 2.45) is 23.7 Å². The first-order valence-corrected chi connectivity index (χ1v) is 11.6. The molecule has 28 heavy (non-hydrogen) atoms. The number of rotatable bonds is 8. The van der Waals surface area contributed by atoms with Gasteiger partial charge in [0.05, 0.1) is 12.5 Å². The summed E-state index contributed by atoms with van der Waals surface area (Å²) in [6, 6.07) is 7.37. The van der Waals surface area contributed by atoms with Gasteiger partial charge in [0, 0.05) is 0 Å². The minimum Gasteiger partial charge on any atom is -0.494 e. The van der Waals surface area contributed by atoms with E-state index in [4.69, 9.17) is 9.47 Å². The summed E-state index contributed by atoms with van der Waals surface area (Å²) in [7, 11) is 0. The van der Waals surface area contributed by atoms with Gasteiger partial charge in [0.1, 0.15) is 11.5 Å². The van der Waals surface area contributed by atoms with Crippen molar-refractivity contribution >= 4 is 5.97 Å². The van der Waals surface area contributed by atoms with Crippen molar-refractivity contribution in [2.75, 3.05) is 6.61 Å². The molecular weight excluding hydrogens is 348 g/mol. The van der Waals surface area contributed by atoms with E-state index in [2.05, 4.69) is 6.92 Å². The lowest BCUT2D eigenvalue weighted by atomic mass is 9.68. The highest BCUT2D eigenvalue weighted by Crippen LogP contribution is 2.42. The molecule has 0 N–H and O–H groups in total. The van der Waals surface area contributed by atoms with Gasteiger partial charge in [-0.15, -0.1) is 0 Å². The first-order chi connectivity index (χ1) is 13.7. The van der Waals surface area contributed by atoms with Crippen molar-refractivity contribution in [3.8, 4) is 11.5 Å². The molecule has 0 radical (unpaired) electrons. The molecule has 156 valence electrons. The first kappa shape index (κ1) is 21.2. The number of hydrogen-bond acceptors (Lipinski definition) is 3. The van der Waals surface area contributed by atoms with Crippen LogP contribution in [0.25, 0.3) is 0 Å². The van der Waals surface area contributed by atoms with Crippen LogP contribution in [0, 0.1) is 23.7 Å². The highest BCUT2D eigenvalue weighted by Gasteiger charge is 2.33. The monoisotopic (exact) mass is 386 g/mol. The topological polar surface area (TPSA) is 35.5 Å². The minimum atomic E-state index is -0.0501. The van der Waals surface area contributed by atoms with Gasteiger partial charge in [-0.1, -0.05) is 39.0 Å². The van der Waals surface area contributed by atoms with Crippen molar-refractivity contribution in [2.45, 2.75) is 84.5 Å². The van der Waals surface area contributed by atoms with Crippen LogP contribution in [0.3, 0.4) is 0 Å². The fourth-order valence-corrected chi connectivity index (χ4v) is 5.24. The van der Waals surface area contributed by atoms with Gasteiger partial charge < -0.3 is 9.47 Å². The van der Waals surface area contributed by atoms with E-state index in [9.17, 15) is 4.79 Å². The maximum absolute atomic E-state index is 12.6. The molecule has 0 heterocycles. The van der Waals surface area contributed by atoms with Crippen LogP contribution in [-0.2, 0) is 4.79 Å². The summed E-state index contributed by atoms with van der Waals surface area (Å²) >= 11 is 0. The third kappa shape index (κ3) is 5.99. The Labute approximate surface area is 171 Å². The zero-order chi connectivity index (χ0) is 19.8. The Hall–Kier alpha value is -1.51. The van der Waals surface area contributed by atoms with E-state index in [1.807, 2.05) is 31.2 Å². The normalized spacial score (nSPS) is 27.9. The van der Waals surface area contributed by atoms with Crippen LogP contribution in [0.1, 0.15) is 84.5 Å². The average Bonchev–Trinajstić information content (AvgIpc) is 2.74. The van der Waals surface area contributed by atoms with Gasteiger partial charge >= 0.3 is 5.97 Å². The molecule has 2 fully saturated rings. The molecule has 1 aromatic rings. The molecule has 2 saturated carbocycles. The Morgan fingerprint density at radius 1 is 0.857 bits per heavy atom. The molecule has 0 aromatic heterocycles. The van der Waals surface area contributed by atoms with Crippen LogP contribution in [0.5, 0.6) is 11.5 Å². The number of esters is 1. The van der Waals surface area contributed by atoms with Crippen molar-refractivity contribution in [1.29, 1.82) is 0 Å². The predicted octanol–water partition coefficient (Wildman–Crippen LogP) is 6.79. The molecule has 0 saturated heterocycles. The Morgan fingerprint density at radius 3 is 2.00 bits per heavy atom. The standard InChI is InChI=1S/C25H38O3/c1-3-5-6-19-7-9-20(10-8-19)21-11-13-22(14-12-21)25(26)28-24-17-15-23(16-18-24)27-4-2/h15-22H,3-14H2,1-2H3. The van der Waals surface area contributed by atoms with Crippen molar-refractivity contribution in [3.05, 3.63) is 24.3 Å². The molecule has 0 aliphatic heterocycles. The second kappa shape index (κ2) is 10.9. The van der Waals surface area contributed by atoms with Crippen LogP contribution in [0.4, 0.5) is 0 Å². The number of unbranched alkanes of at least 4 members (excludes halogenated alkanes) is 1. The molecule has 3 nitrogen and oxygen atoms in total. The molecule has 0 unspecified atom stereocenters. The average molecular weight is 387 g/mol. The fourth-order valence-electron chi connectivity index (χ4n) is 5.24. The van der Waals surface area contributed by atoms with Crippen molar-refractivity contribution in [3.63, 3.8) is 0 Å². The van der Waals surface area contributed by atoms with E-state index in [1.165, 1.54) is 57.8 Å². The summed E-state index contributed by atoms with van der Waals surface area (Å²) in [5.74, 6) is 4.18. The van der Waals surface area contributed by atoms with Gasteiger partial charge in [0.2, 0.25) is 0 Å². The molecule has 2 aliphatic carbocycles. The number of carbonyl (C=O) groups is 1. The second-order valence-electron chi connectivity index (χ2n) is 8.86. The zero-order valence-corrected chi connectivity index (χ0v) is 17.8. The summed E-state index contributed by atoms with van der Waals surface area (Å²) in [6.07, 6.45) is 14.3. The van der Waals surface area contributed by atoms with Crippen LogP contribution >= 0.6 is 0 Å². The third-order valence-corrected chi connectivity index (χ3v) is 6.98. The Kier molecular flexibility index (Phi) is 8.24. The predicted molar refractivity (Wildman–Crippen MR) is 114 cm³/mol. The summed E-state index contributed by atoms with van der Waals surface area (Å²) in [4.78, 5) is 12.6. The number of carbonyl (C=O) groups excluding carboxylic acids is 1. The molecule has 0 amide bonds. The van der Waals surface area contributed by atoms with Crippen molar-refractivity contribution in [1.82, 2.24) is 0 Å². The highest BCUT2D eigenvalue weighted by atomic mass is 16.5. The summed E-state index contributed by atoms with van der Waals surface area (Å²) in [5, 5.41) is 0. The molecule has 3 heteroatoms. The Bertz CT molecular complexity index is 578. The lowest BCUT2D eigenvalue weighted by molar-refractivity contribution is -0.140. The lowest BCUT2D eigenvalue weighted by Gasteiger charge is -2.37. The Morgan fingerprint density at radius 2 is 1.43 bits per heavy atom. The molecule has 0 spiro atoms. The quantitative estimate of drug-likeness (QED) is 0.364. The van der Waals surface area contributed by atoms with Crippen LogP contribution < -0.4 is 9.47 Å². The second-order valence-corrected chi connectivity index (χ2v) is 8.86. The molecule has 0 bridgehead atoms. The summed E-state index contributed by atoms with van der Waals surface area (Å²) < 4.78 is 11.1. The van der Waals surface area contributed by atoms with Gasteiger partial charge in [0.25, 0.3) is 0 Å². The number of benzene rings is 1. The summed E-state index contributed by atoms with van der Waals surface area (Å²) in [5.41, 5.74) is 0. The fraction of sp³-hybridized carbons (Fsp3) is 0.720. The molecule has 3 rings (SSSR count).